The summed E-state index contributed by atoms with van der Waals surface area (Å²) in [5.41, 5.74) is -3.46. The van der Waals surface area contributed by atoms with Crippen LogP contribution in [0.2, 0.25) is 0 Å². The third-order valence-electron chi connectivity index (χ3n) is 5.29. The second kappa shape index (κ2) is 12.0. The molecule has 0 amide bonds. The van der Waals surface area contributed by atoms with Gasteiger partial charge in [-0.3, -0.25) is 19.1 Å². The lowest BCUT2D eigenvalue weighted by Crippen LogP contribution is -2.47. The van der Waals surface area contributed by atoms with Crippen molar-refractivity contribution >= 4 is 47.0 Å². The first-order chi connectivity index (χ1) is 17.2. The molecule has 2 heterocycles. The van der Waals surface area contributed by atoms with Crippen molar-refractivity contribution in [1.29, 1.82) is 0 Å². The van der Waals surface area contributed by atoms with Gasteiger partial charge in [-0.05, 0) is 79.4 Å². The van der Waals surface area contributed by atoms with Crippen molar-refractivity contribution < 1.29 is 37.9 Å². The second-order valence-electron chi connectivity index (χ2n) is 8.38. The Balaban J connectivity index is 1.81. The van der Waals surface area contributed by atoms with Crippen molar-refractivity contribution in [2.24, 2.45) is 0 Å². The van der Waals surface area contributed by atoms with E-state index in [9.17, 15) is 29.0 Å². The van der Waals surface area contributed by atoms with Gasteiger partial charge < -0.3 is 28.7 Å². The zero-order valence-electron chi connectivity index (χ0n) is 19.9. The first-order valence-corrected chi connectivity index (χ1v) is 14.8. The Morgan fingerprint density at radius 3 is 2.59 bits per heavy atom. The van der Waals surface area contributed by atoms with Crippen molar-refractivity contribution in [3.05, 3.63) is 63.2 Å². The summed E-state index contributed by atoms with van der Waals surface area (Å²) in [4.78, 5) is 38.0. The van der Waals surface area contributed by atoms with E-state index in [1.807, 2.05) is 22.6 Å². The van der Waals surface area contributed by atoms with E-state index in [2.05, 4.69) is 10.1 Å². The van der Waals surface area contributed by atoms with Crippen molar-refractivity contribution in [1.82, 2.24) is 14.6 Å². The summed E-state index contributed by atoms with van der Waals surface area (Å²) in [5.74, 6) is -0.978. The molecule has 204 valence electrons. The van der Waals surface area contributed by atoms with Crippen molar-refractivity contribution in [2.45, 2.75) is 55.0 Å². The molecule has 1 aliphatic heterocycles. The number of ether oxygens (including phenoxy) is 2. The van der Waals surface area contributed by atoms with Crippen LogP contribution < -0.4 is 20.9 Å². The standard InChI is InChI=1S/C21H26FIN3O9PS/c1-11(18(29)33-12(2)23)25-36(37,35-14-6-4-13(22)5-7-14)32-10-15-17(28)21(3,31)19(34-15)26-9-8-16(27)24-20(26)30/h4-9,11-12,15,17,19,28,31H,10H2,1-3H3,(H,25,37)(H,24,27,30)/t11?,12?,15-,17-,19-,21-,36?/m1/s1. The molecule has 3 unspecified atom stereocenters. The third-order valence-corrected chi connectivity index (χ3v) is 8.04. The Kier molecular flexibility index (Phi) is 9.66. The molecule has 1 fully saturated rings. The number of aromatic amines is 1. The predicted octanol–water partition coefficient (Wildman–Crippen LogP) is 1.31. The Morgan fingerprint density at radius 2 is 2.00 bits per heavy atom. The van der Waals surface area contributed by atoms with Gasteiger partial charge in [0.1, 0.15) is 39.5 Å². The number of halogens is 2. The zero-order valence-corrected chi connectivity index (χ0v) is 23.7. The number of nitrogens with zero attached hydrogens (tertiary/aromatic N) is 1. The predicted molar refractivity (Wildman–Crippen MR) is 141 cm³/mol. The van der Waals surface area contributed by atoms with Gasteiger partial charge in [-0.1, -0.05) is 0 Å². The summed E-state index contributed by atoms with van der Waals surface area (Å²) in [6, 6.07) is 5.04. The van der Waals surface area contributed by atoms with E-state index in [0.717, 1.165) is 29.0 Å². The Hall–Kier alpha value is -1.72. The molecule has 7 atom stereocenters. The van der Waals surface area contributed by atoms with Crippen LogP contribution in [0, 0.1) is 5.82 Å². The van der Waals surface area contributed by atoms with Gasteiger partial charge in [-0.15, -0.1) is 0 Å². The molecule has 3 rings (SSSR count). The van der Waals surface area contributed by atoms with Crippen LogP contribution in [0.5, 0.6) is 5.75 Å². The van der Waals surface area contributed by atoms with Crippen LogP contribution in [0.25, 0.3) is 0 Å². The minimum Gasteiger partial charge on any atom is -0.451 e. The minimum atomic E-state index is -3.57. The van der Waals surface area contributed by atoms with Crippen LogP contribution in [0.4, 0.5) is 4.39 Å². The maximum atomic E-state index is 13.4. The normalized spacial score (nSPS) is 26.7. The number of alkyl halides is 1. The molecule has 1 aromatic heterocycles. The molecule has 1 saturated heterocycles. The maximum Gasteiger partial charge on any atom is 0.330 e. The fourth-order valence-electron chi connectivity index (χ4n) is 3.44. The lowest BCUT2D eigenvalue weighted by molar-refractivity contribution is -0.145. The van der Waals surface area contributed by atoms with Gasteiger partial charge in [0.15, 0.2) is 6.23 Å². The van der Waals surface area contributed by atoms with Gasteiger partial charge in [0.05, 0.1) is 6.61 Å². The van der Waals surface area contributed by atoms with E-state index in [1.165, 1.54) is 26.0 Å². The monoisotopic (exact) mass is 673 g/mol. The van der Waals surface area contributed by atoms with E-state index < -0.39 is 70.5 Å². The number of benzene rings is 1. The quantitative estimate of drug-likeness (QED) is 0.125. The zero-order chi connectivity index (χ0) is 27.5. The molecular formula is C21H26FIN3O9PS. The number of carbonyl (C=O) groups excluding carboxylic acids is 1. The number of aliphatic hydroxyl groups is 2. The fraction of sp³-hybridized carbons (Fsp3) is 0.476. The number of rotatable bonds is 10. The van der Waals surface area contributed by atoms with E-state index in [-0.39, 0.29) is 5.75 Å². The lowest BCUT2D eigenvalue weighted by Gasteiger charge is -2.28. The molecule has 16 heteroatoms. The van der Waals surface area contributed by atoms with Gasteiger partial charge in [0, 0.05) is 12.3 Å². The molecule has 4 N–H and O–H groups in total. The number of hydrogen-bond acceptors (Lipinski definition) is 10. The number of nitrogens with one attached hydrogen (secondary N) is 2. The number of hydrogen-bond donors (Lipinski definition) is 4. The maximum absolute atomic E-state index is 13.4. The van der Waals surface area contributed by atoms with Crippen molar-refractivity contribution in [3.63, 3.8) is 0 Å². The summed E-state index contributed by atoms with van der Waals surface area (Å²) < 4.78 is 36.4. The smallest absolute Gasteiger partial charge is 0.330 e. The molecular weight excluding hydrogens is 647 g/mol. The topological polar surface area (TPSA) is 161 Å². The fourth-order valence-corrected chi connectivity index (χ4v) is 6.11. The number of carbonyl (C=O) groups is 1. The summed E-state index contributed by atoms with van der Waals surface area (Å²) in [5, 5.41) is 24.4. The van der Waals surface area contributed by atoms with Crippen LogP contribution >= 0.6 is 29.2 Å². The number of aromatic nitrogens is 2. The highest BCUT2D eigenvalue weighted by Gasteiger charge is 2.53. The molecule has 0 aliphatic carbocycles. The lowest BCUT2D eigenvalue weighted by atomic mass is 9.96. The van der Waals surface area contributed by atoms with E-state index in [4.69, 9.17) is 30.3 Å². The van der Waals surface area contributed by atoms with Gasteiger partial charge in [0.25, 0.3) is 5.56 Å². The van der Waals surface area contributed by atoms with Crippen molar-refractivity contribution in [3.8, 4) is 5.75 Å². The highest BCUT2D eigenvalue weighted by Crippen LogP contribution is 2.47. The summed E-state index contributed by atoms with van der Waals surface area (Å²) in [6.45, 7) is 0.417. The molecule has 12 nitrogen and oxygen atoms in total. The van der Waals surface area contributed by atoms with E-state index in [0.29, 0.717) is 0 Å². The minimum absolute atomic E-state index is 0.151. The van der Waals surface area contributed by atoms with Crippen LogP contribution in [-0.4, -0.2) is 60.3 Å². The molecule has 1 aromatic carbocycles. The molecule has 2 aromatic rings. The highest BCUT2D eigenvalue weighted by molar-refractivity contribution is 14.1. The van der Waals surface area contributed by atoms with Crippen LogP contribution in [0.1, 0.15) is 27.0 Å². The number of aliphatic hydroxyl groups excluding tert-OH is 1. The van der Waals surface area contributed by atoms with Gasteiger partial charge in [-0.25, -0.2) is 14.3 Å². The molecule has 0 saturated carbocycles. The second-order valence-corrected chi connectivity index (χ2v) is 13.3. The van der Waals surface area contributed by atoms with Gasteiger partial charge >= 0.3 is 18.3 Å². The van der Waals surface area contributed by atoms with Crippen LogP contribution in [-0.2, 0) is 30.6 Å². The molecule has 0 spiro atoms. The van der Waals surface area contributed by atoms with Crippen molar-refractivity contribution in [2.75, 3.05) is 6.61 Å². The summed E-state index contributed by atoms with van der Waals surface area (Å²) in [7, 11) is 0. The Labute approximate surface area is 229 Å². The first-order valence-electron chi connectivity index (χ1n) is 10.9. The first kappa shape index (κ1) is 29.8. The molecule has 37 heavy (non-hydrogen) atoms. The van der Waals surface area contributed by atoms with E-state index >= 15 is 0 Å². The third kappa shape index (κ3) is 7.44. The number of H-pyrrole nitrogens is 1. The van der Waals surface area contributed by atoms with Gasteiger partial charge in [0.2, 0.25) is 0 Å². The van der Waals surface area contributed by atoms with Crippen LogP contribution in [0.15, 0.2) is 46.1 Å². The molecule has 0 radical (unpaired) electrons. The number of esters is 1. The molecule has 1 aliphatic rings. The van der Waals surface area contributed by atoms with Gasteiger partial charge in [-0.2, -0.15) is 0 Å². The largest absolute Gasteiger partial charge is 0.451 e. The highest BCUT2D eigenvalue weighted by atomic mass is 127. The Bertz CT molecular complexity index is 1270. The molecule has 0 bridgehead atoms. The SMILES string of the molecule is CC(I)OC(=O)C(C)NP(=S)(OC[C@H]1O[C@@H](n2ccc(=O)[nH]c2=O)[C@](C)(O)[C@@H]1O)Oc1ccc(F)cc1. The Morgan fingerprint density at radius 1 is 1.35 bits per heavy atom. The average Bonchev–Trinajstić information content (AvgIpc) is 3.02. The van der Waals surface area contributed by atoms with E-state index in [1.54, 1.807) is 6.92 Å². The summed E-state index contributed by atoms with van der Waals surface area (Å²) >= 11 is 7.48. The average molecular weight is 673 g/mol. The summed E-state index contributed by atoms with van der Waals surface area (Å²) in [6.07, 6.45) is -2.99. The van der Waals surface area contributed by atoms with Crippen LogP contribution in [0.3, 0.4) is 0 Å².